The first-order chi connectivity index (χ1) is 14.3. The molecule has 0 radical (unpaired) electrons. The van der Waals surface area contributed by atoms with E-state index < -0.39 is 0 Å². The molecule has 1 aliphatic heterocycles. The van der Waals surface area contributed by atoms with Crippen LogP contribution in [0.1, 0.15) is 18.9 Å². The predicted molar refractivity (Wildman–Crippen MR) is 129 cm³/mol. The van der Waals surface area contributed by atoms with Gasteiger partial charge in [0.15, 0.2) is 17.5 Å². The van der Waals surface area contributed by atoms with Crippen LogP contribution in [-0.4, -0.2) is 35.5 Å². The Morgan fingerprint density at radius 3 is 2.70 bits per heavy atom. The number of aliphatic imine (C=N–C) groups is 1. The first-order valence-electron chi connectivity index (χ1n) is 9.86. The smallest absolute Gasteiger partial charge is 0.196 e. The quantitative estimate of drug-likeness (QED) is 0.300. The highest BCUT2D eigenvalue weighted by molar-refractivity contribution is 14.0. The van der Waals surface area contributed by atoms with Crippen LogP contribution in [0.3, 0.4) is 0 Å². The lowest BCUT2D eigenvalue weighted by Gasteiger charge is -2.13. The molecule has 30 heavy (non-hydrogen) atoms. The SMILES string of the molecule is CCNC(=NCc1cnn(-c2ccccc2)c1)Nc1ccc2c(c1)OCCCO2.I. The molecule has 0 unspecified atom stereocenters. The molecule has 0 bridgehead atoms. The molecule has 1 aromatic heterocycles. The van der Waals surface area contributed by atoms with Gasteiger partial charge in [-0.1, -0.05) is 18.2 Å². The second-order valence-corrected chi connectivity index (χ2v) is 6.66. The molecule has 0 fully saturated rings. The summed E-state index contributed by atoms with van der Waals surface area (Å²) in [5, 5.41) is 11.0. The van der Waals surface area contributed by atoms with E-state index in [0.29, 0.717) is 25.7 Å². The molecule has 0 saturated carbocycles. The van der Waals surface area contributed by atoms with Gasteiger partial charge in [0.25, 0.3) is 0 Å². The predicted octanol–water partition coefficient (Wildman–Crippen LogP) is 4.23. The summed E-state index contributed by atoms with van der Waals surface area (Å²) in [6.45, 7) is 4.67. The number of hydrogen-bond acceptors (Lipinski definition) is 4. The number of fused-ring (bicyclic) bond motifs is 1. The lowest BCUT2D eigenvalue weighted by molar-refractivity contribution is 0.297. The van der Waals surface area contributed by atoms with E-state index in [1.165, 1.54) is 0 Å². The lowest BCUT2D eigenvalue weighted by Crippen LogP contribution is -2.30. The molecule has 0 amide bonds. The summed E-state index contributed by atoms with van der Waals surface area (Å²) < 4.78 is 13.3. The van der Waals surface area contributed by atoms with E-state index in [4.69, 9.17) is 9.47 Å². The molecule has 0 aliphatic carbocycles. The second kappa shape index (κ2) is 10.9. The summed E-state index contributed by atoms with van der Waals surface area (Å²) in [6, 6.07) is 15.9. The van der Waals surface area contributed by atoms with Crippen molar-refractivity contribution in [3.05, 3.63) is 66.5 Å². The van der Waals surface area contributed by atoms with Gasteiger partial charge in [0.05, 0.1) is 31.6 Å². The van der Waals surface area contributed by atoms with Crippen molar-refractivity contribution in [2.24, 2.45) is 4.99 Å². The fourth-order valence-corrected chi connectivity index (χ4v) is 3.02. The molecule has 0 spiro atoms. The highest BCUT2D eigenvalue weighted by atomic mass is 127. The van der Waals surface area contributed by atoms with Crippen molar-refractivity contribution in [2.45, 2.75) is 19.9 Å². The third kappa shape index (κ3) is 5.65. The summed E-state index contributed by atoms with van der Waals surface area (Å²) in [7, 11) is 0. The maximum Gasteiger partial charge on any atom is 0.196 e. The number of nitrogens with one attached hydrogen (secondary N) is 2. The lowest BCUT2D eigenvalue weighted by atomic mass is 10.2. The van der Waals surface area contributed by atoms with Crippen molar-refractivity contribution in [2.75, 3.05) is 25.1 Å². The van der Waals surface area contributed by atoms with Crippen LogP contribution >= 0.6 is 24.0 Å². The minimum atomic E-state index is 0. The molecular weight excluding hydrogens is 493 g/mol. The van der Waals surface area contributed by atoms with Gasteiger partial charge in [-0.25, -0.2) is 9.67 Å². The maximum atomic E-state index is 5.77. The number of anilines is 1. The van der Waals surface area contributed by atoms with Gasteiger partial charge in [-0.05, 0) is 31.2 Å². The Balaban J connectivity index is 0.00000256. The zero-order valence-corrected chi connectivity index (χ0v) is 19.2. The van der Waals surface area contributed by atoms with Crippen LogP contribution in [0, 0.1) is 0 Å². The van der Waals surface area contributed by atoms with Crippen molar-refractivity contribution in [1.29, 1.82) is 0 Å². The Morgan fingerprint density at radius 1 is 1.10 bits per heavy atom. The molecule has 0 saturated heterocycles. The zero-order chi connectivity index (χ0) is 19.9. The van der Waals surface area contributed by atoms with Gasteiger partial charge < -0.3 is 20.1 Å². The minimum absolute atomic E-state index is 0. The van der Waals surface area contributed by atoms with Crippen LogP contribution < -0.4 is 20.1 Å². The zero-order valence-electron chi connectivity index (χ0n) is 16.9. The number of guanidine groups is 1. The molecule has 1 aliphatic rings. The Morgan fingerprint density at radius 2 is 1.90 bits per heavy atom. The number of aromatic nitrogens is 2. The topological polar surface area (TPSA) is 72.7 Å². The number of rotatable bonds is 5. The van der Waals surface area contributed by atoms with Crippen molar-refractivity contribution in [3.63, 3.8) is 0 Å². The van der Waals surface area contributed by atoms with Crippen LogP contribution in [0.5, 0.6) is 11.5 Å². The summed E-state index contributed by atoms with van der Waals surface area (Å²) in [4.78, 5) is 4.69. The fourth-order valence-electron chi connectivity index (χ4n) is 3.02. The van der Waals surface area contributed by atoms with Gasteiger partial charge in [0.1, 0.15) is 0 Å². The minimum Gasteiger partial charge on any atom is -0.490 e. The molecule has 7 nitrogen and oxygen atoms in total. The van der Waals surface area contributed by atoms with Crippen LogP contribution in [0.4, 0.5) is 5.69 Å². The monoisotopic (exact) mass is 519 g/mol. The molecule has 158 valence electrons. The van der Waals surface area contributed by atoms with Crippen LogP contribution in [0.25, 0.3) is 5.69 Å². The third-order valence-corrected chi connectivity index (χ3v) is 4.43. The summed E-state index contributed by atoms with van der Waals surface area (Å²) in [5.41, 5.74) is 2.96. The van der Waals surface area contributed by atoms with Crippen molar-refractivity contribution in [1.82, 2.24) is 15.1 Å². The largest absolute Gasteiger partial charge is 0.490 e. The van der Waals surface area contributed by atoms with E-state index in [1.54, 1.807) is 0 Å². The summed E-state index contributed by atoms with van der Waals surface area (Å²) in [5.74, 6) is 2.24. The molecular formula is C22H26IN5O2. The fraction of sp³-hybridized carbons (Fsp3) is 0.273. The Kier molecular flexibility index (Phi) is 7.95. The van der Waals surface area contributed by atoms with Gasteiger partial charge in [0.2, 0.25) is 0 Å². The van der Waals surface area contributed by atoms with E-state index in [-0.39, 0.29) is 24.0 Å². The van der Waals surface area contributed by atoms with Gasteiger partial charge >= 0.3 is 0 Å². The number of para-hydroxylation sites is 1. The van der Waals surface area contributed by atoms with E-state index >= 15 is 0 Å². The van der Waals surface area contributed by atoms with E-state index in [1.807, 2.05) is 72.5 Å². The molecule has 4 rings (SSSR count). The average molecular weight is 519 g/mol. The normalized spacial score (nSPS) is 13.2. The molecule has 2 aromatic carbocycles. The Labute approximate surface area is 193 Å². The highest BCUT2D eigenvalue weighted by Crippen LogP contribution is 2.32. The van der Waals surface area contributed by atoms with Crippen molar-refractivity contribution in [3.8, 4) is 17.2 Å². The van der Waals surface area contributed by atoms with Gasteiger partial charge in [-0.15, -0.1) is 24.0 Å². The van der Waals surface area contributed by atoms with Crippen LogP contribution in [0.15, 0.2) is 65.9 Å². The van der Waals surface area contributed by atoms with Crippen molar-refractivity contribution >= 4 is 35.6 Å². The highest BCUT2D eigenvalue weighted by Gasteiger charge is 2.11. The second-order valence-electron chi connectivity index (χ2n) is 6.66. The Hall–Kier alpha value is -2.75. The summed E-state index contributed by atoms with van der Waals surface area (Å²) >= 11 is 0. The van der Waals surface area contributed by atoms with Crippen molar-refractivity contribution < 1.29 is 9.47 Å². The van der Waals surface area contributed by atoms with E-state index in [0.717, 1.165) is 41.4 Å². The maximum absolute atomic E-state index is 5.77. The standard InChI is InChI=1S/C22H25N5O2.HI/c1-2-23-22(26-18-9-10-20-21(13-18)29-12-6-11-28-20)24-14-17-15-25-27(16-17)19-7-4-3-5-8-19;/h3-5,7-10,13,15-16H,2,6,11-12,14H2,1H3,(H2,23,24,26);1H. The number of nitrogens with zero attached hydrogens (tertiary/aromatic N) is 3. The summed E-state index contributed by atoms with van der Waals surface area (Å²) in [6.07, 6.45) is 4.72. The van der Waals surface area contributed by atoms with Gasteiger partial charge in [0, 0.05) is 36.5 Å². The molecule has 8 heteroatoms. The van der Waals surface area contributed by atoms with E-state index in [9.17, 15) is 0 Å². The molecule has 2 N–H and O–H groups in total. The molecule has 2 heterocycles. The first kappa shape index (κ1) is 21.9. The number of ether oxygens (including phenoxy) is 2. The number of hydrogen-bond donors (Lipinski definition) is 2. The van der Waals surface area contributed by atoms with Gasteiger partial charge in [-0.3, -0.25) is 0 Å². The number of benzene rings is 2. The molecule has 0 atom stereocenters. The Bertz CT molecular complexity index is 975. The first-order valence-corrected chi connectivity index (χ1v) is 9.86. The number of halogens is 1. The van der Waals surface area contributed by atoms with E-state index in [2.05, 4.69) is 20.7 Å². The molecule has 3 aromatic rings. The average Bonchev–Trinajstić information content (AvgIpc) is 3.11. The van der Waals surface area contributed by atoms with Crippen LogP contribution in [-0.2, 0) is 6.54 Å². The third-order valence-electron chi connectivity index (χ3n) is 4.43. The van der Waals surface area contributed by atoms with Crippen LogP contribution in [0.2, 0.25) is 0 Å². The van der Waals surface area contributed by atoms with Gasteiger partial charge in [-0.2, -0.15) is 5.10 Å².